The van der Waals surface area contributed by atoms with Crippen molar-refractivity contribution in [1.82, 2.24) is 20.0 Å². The molecule has 3 heterocycles. The number of likely N-dealkylation sites (tertiary alicyclic amines) is 1. The Kier molecular flexibility index (Phi) is 3.08. The molecule has 0 radical (unpaired) electrons. The van der Waals surface area contributed by atoms with Crippen LogP contribution in [-0.4, -0.2) is 39.0 Å². The van der Waals surface area contributed by atoms with Crippen molar-refractivity contribution in [3.8, 4) is 0 Å². The molecule has 1 aliphatic rings. The molecule has 1 N–H and O–H groups in total. The Hall–Kier alpha value is -2.11. The molecule has 0 aromatic carbocycles. The smallest absolute Gasteiger partial charge is 0.259 e. The molecule has 20 heavy (non-hydrogen) atoms. The molecule has 6 heteroatoms. The van der Waals surface area contributed by atoms with Crippen molar-refractivity contribution >= 4 is 5.91 Å². The first-order valence-corrected chi connectivity index (χ1v) is 6.80. The number of hydrogen-bond acceptors (Lipinski definition) is 4. The van der Waals surface area contributed by atoms with Gasteiger partial charge >= 0.3 is 0 Å². The minimum absolute atomic E-state index is 0.00651. The second-order valence-electron chi connectivity index (χ2n) is 5.39. The average molecular weight is 274 g/mol. The highest BCUT2D eigenvalue weighted by Crippen LogP contribution is 2.27. The third kappa shape index (κ3) is 2.11. The quantitative estimate of drug-likeness (QED) is 0.908. The summed E-state index contributed by atoms with van der Waals surface area (Å²) in [5.41, 5.74) is 2.31. The van der Waals surface area contributed by atoms with E-state index < -0.39 is 0 Å². The van der Waals surface area contributed by atoms with Crippen LogP contribution in [0.15, 0.2) is 10.7 Å². The zero-order valence-corrected chi connectivity index (χ0v) is 11.9. The van der Waals surface area contributed by atoms with E-state index in [0.717, 1.165) is 24.5 Å². The normalized spacial score (nSPS) is 18.8. The molecule has 1 amide bonds. The van der Waals surface area contributed by atoms with Crippen LogP contribution in [0.4, 0.5) is 0 Å². The summed E-state index contributed by atoms with van der Waals surface area (Å²) in [6.07, 6.45) is 2.76. The number of nitrogens with zero attached hydrogens (tertiary/aromatic N) is 3. The molecule has 0 saturated carbocycles. The van der Waals surface area contributed by atoms with Crippen LogP contribution in [0.3, 0.4) is 0 Å². The number of nitrogens with one attached hydrogen (secondary N) is 1. The predicted molar refractivity (Wildman–Crippen MR) is 72.6 cm³/mol. The number of rotatable bonds is 2. The lowest BCUT2D eigenvalue weighted by Gasteiger charge is -2.15. The third-order valence-corrected chi connectivity index (χ3v) is 3.83. The monoisotopic (exact) mass is 274 g/mol. The summed E-state index contributed by atoms with van der Waals surface area (Å²) in [5.74, 6) is 1.85. The summed E-state index contributed by atoms with van der Waals surface area (Å²) < 4.78 is 5.07. The minimum Gasteiger partial charge on any atom is -0.361 e. The maximum Gasteiger partial charge on any atom is 0.259 e. The number of aromatic nitrogens is 3. The van der Waals surface area contributed by atoms with Crippen LogP contribution in [-0.2, 0) is 0 Å². The zero-order chi connectivity index (χ0) is 14.3. The topological polar surface area (TPSA) is 75.0 Å². The predicted octanol–water partition coefficient (Wildman–Crippen LogP) is 1.95. The van der Waals surface area contributed by atoms with Gasteiger partial charge in [-0.05, 0) is 27.2 Å². The molecule has 3 rings (SSSR count). The summed E-state index contributed by atoms with van der Waals surface area (Å²) in [4.78, 5) is 22.0. The van der Waals surface area contributed by atoms with E-state index in [1.807, 2.05) is 18.0 Å². The van der Waals surface area contributed by atoms with Gasteiger partial charge in [-0.2, -0.15) is 0 Å². The Bertz CT molecular complexity index is 624. The molecule has 106 valence electrons. The fraction of sp³-hybridized carbons (Fsp3) is 0.500. The maximum atomic E-state index is 12.5. The molecule has 1 saturated heterocycles. The molecule has 2 aromatic heterocycles. The van der Waals surface area contributed by atoms with E-state index in [4.69, 9.17) is 4.52 Å². The summed E-state index contributed by atoms with van der Waals surface area (Å²) in [5, 5.41) is 3.85. The van der Waals surface area contributed by atoms with Crippen molar-refractivity contribution in [2.45, 2.75) is 33.1 Å². The molecule has 1 aliphatic heterocycles. The Morgan fingerprint density at radius 2 is 2.25 bits per heavy atom. The SMILES string of the molecule is Cc1cnc([C@H]2CCN(C(=O)c3c(C)noc3C)C2)[nH]1. The van der Waals surface area contributed by atoms with Crippen LogP contribution in [0.25, 0.3) is 0 Å². The van der Waals surface area contributed by atoms with Gasteiger partial charge < -0.3 is 14.4 Å². The molecule has 1 fully saturated rings. The molecule has 0 spiro atoms. The number of H-pyrrole nitrogens is 1. The Labute approximate surface area is 117 Å². The third-order valence-electron chi connectivity index (χ3n) is 3.83. The molecule has 0 bridgehead atoms. The summed E-state index contributed by atoms with van der Waals surface area (Å²) in [6.45, 7) is 6.99. The zero-order valence-electron chi connectivity index (χ0n) is 11.9. The Morgan fingerprint density at radius 1 is 1.45 bits per heavy atom. The van der Waals surface area contributed by atoms with Crippen LogP contribution in [0.2, 0.25) is 0 Å². The lowest BCUT2D eigenvalue weighted by atomic mass is 10.1. The summed E-state index contributed by atoms with van der Waals surface area (Å²) >= 11 is 0. The van der Waals surface area contributed by atoms with Crippen molar-refractivity contribution in [3.05, 3.63) is 34.7 Å². The van der Waals surface area contributed by atoms with Gasteiger partial charge in [-0.25, -0.2) is 4.98 Å². The molecular formula is C14H18N4O2. The van der Waals surface area contributed by atoms with Crippen molar-refractivity contribution in [1.29, 1.82) is 0 Å². The highest BCUT2D eigenvalue weighted by Gasteiger charge is 2.32. The molecule has 6 nitrogen and oxygen atoms in total. The number of aromatic amines is 1. The first-order valence-electron chi connectivity index (χ1n) is 6.80. The first kappa shape index (κ1) is 12.9. The first-order chi connectivity index (χ1) is 9.56. The molecular weight excluding hydrogens is 256 g/mol. The Morgan fingerprint density at radius 3 is 2.85 bits per heavy atom. The number of hydrogen-bond donors (Lipinski definition) is 1. The number of aryl methyl sites for hydroxylation is 3. The van der Waals surface area contributed by atoms with Gasteiger partial charge in [0.15, 0.2) is 0 Å². The number of imidazole rings is 1. The van der Waals surface area contributed by atoms with Crippen molar-refractivity contribution in [2.75, 3.05) is 13.1 Å². The number of carbonyl (C=O) groups is 1. The van der Waals surface area contributed by atoms with Crippen LogP contribution >= 0.6 is 0 Å². The minimum atomic E-state index is 0.00651. The van der Waals surface area contributed by atoms with Crippen molar-refractivity contribution < 1.29 is 9.32 Å². The lowest BCUT2D eigenvalue weighted by molar-refractivity contribution is 0.0788. The van der Waals surface area contributed by atoms with E-state index in [9.17, 15) is 4.79 Å². The van der Waals surface area contributed by atoms with Crippen molar-refractivity contribution in [2.24, 2.45) is 0 Å². The average Bonchev–Trinajstić information content (AvgIpc) is 3.10. The van der Waals surface area contributed by atoms with Gasteiger partial charge in [-0.3, -0.25) is 4.79 Å². The van der Waals surface area contributed by atoms with Gasteiger partial charge in [0.05, 0.1) is 5.69 Å². The highest BCUT2D eigenvalue weighted by atomic mass is 16.5. The van der Waals surface area contributed by atoms with Gasteiger partial charge in [0.25, 0.3) is 5.91 Å². The molecule has 0 aliphatic carbocycles. The van der Waals surface area contributed by atoms with Gasteiger partial charge in [-0.15, -0.1) is 0 Å². The van der Waals surface area contributed by atoms with Crippen LogP contribution in [0, 0.1) is 20.8 Å². The van der Waals surface area contributed by atoms with Crippen LogP contribution in [0.5, 0.6) is 0 Å². The van der Waals surface area contributed by atoms with E-state index in [1.165, 1.54) is 0 Å². The van der Waals surface area contributed by atoms with E-state index in [1.54, 1.807) is 13.8 Å². The summed E-state index contributed by atoms with van der Waals surface area (Å²) in [7, 11) is 0. The van der Waals surface area contributed by atoms with Crippen LogP contribution in [0.1, 0.15) is 45.7 Å². The standard InChI is InChI=1S/C14H18N4O2/c1-8-6-15-13(16-8)11-4-5-18(7-11)14(19)12-9(2)17-20-10(12)3/h6,11H,4-5,7H2,1-3H3,(H,15,16)/t11-/m0/s1. The maximum absolute atomic E-state index is 12.5. The second kappa shape index (κ2) is 4.77. The van der Waals surface area contributed by atoms with Gasteiger partial charge in [0.1, 0.15) is 17.1 Å². The highest BCUT2D eigenvalue weighted by molar-refractivity contribution is 5.96. The van der Waals surface area contributed by atoms with Gasteiger partial charge in [0, 0.05) is 30.9 Å². The van der Waals surface area contributed by atoms with Crippen LogP contribution < -0.4 is 0 Å². The van der Waals surface area contributed by atoms with E-state index in [-0.39, 0.29) is 11.8 Å². The molecule has 1 atom stereocenters. The molecule has 0 unspecified atom stereocenters. The fourth-order valence-corrected chi connectivity index (χ4v) is 2.75. The van der Waals surface area contributed by atoms with Crippen molar-refractivity contribution in [3.63, 3.8) is 0 Å². The molecule has 2 aromatic rings. The van der Waals surface area contributed by atoms with E-state index >= 15 is 0 Å². The summed E-state index contributed by atoms with van der Waals surface area (Å²) in [6, 6.07) is 0. The van der Waals surface area contributed by atoms with Gasteiger partial charge in [0.2, 0.25) is 0 Å². The largest absolute Gasteiger partial charge is 0.361 e. The van der Waals surface area contributed by atoms with E-state index in [2.05, 4.69) is 15.1 Å². The Balaban J connectivity index is 1.76. The number of amides is 1. The van der Waals surface area contributed by atoms with E-state index in [0.29, 0.717) is 23.6 Å². The number of carbonyl (C=O) groups excluding carboxylic acids is 1. The second-order valence-corrected chi connectivity index (χ2v) is 5.39. The lowest BCUT2D eigenvalue weighted by Crippen LogP contribution is -2.29. The fourth-order valence-electron chi connectivity index (χ4n) is 2.75. The van der Waals surface area contributed by atoms with Gasteiger partial charge in [-0.1, -0.05) is 5.16 Å².